The molecule has 2 aromatic heterocycles. The zero-order chi connectivity index (χ0) is 22.0. The fraction of sp³-hybridized carbons (Fsp3) is 0.0952. The van der Waals surface area contributed by atoms with E-state index in [-0.39, 0.29) is 11.7 Å². The molecule has 4 aromatic rings. The Morgan fingerprint density at radius 1 is 1.00 bits per heavy atom. The summed E-state index contributed by atoms with van der Waals surface area (Å²) in [5.74, 6) is -0.265. The number of hydrogen-bond donors (Lipinski definition) is 1. The second-order valence-corrected chi connectivity index (χ2v) is 6.99. The fourth-order valence-electron chi connectivity index (χ4n) is 2.91. The lowest BCUT2D eigenvalue weighted by Gasteiger charge is -2.09. The number of hydrogen-bond acceptors (Lipinski definition) is 4. The molecular formula is C21H14ClF3N4O2. The third-order valence-electron chi connectivity index (χ3n) is 4.38. The molecule has 0 aliphatic rings. The molecule has 0 fully saturated rings. The standard InChI is InChI=1S/C21H14ClF3N4O2/c22-16-6-1-13(2-7-16)11-26-20(30)15-5-10-18-27-28-19(29(18)12-15)14-3-8-17(9-4-14)31-21(23,24)25/h1-10,12H,11H2,(H,26,30). The molecule has 6 nitrogen and oxygen atoms in total. The first-order valence-electron chi connectivity index (χ1n) is 9.02. The number of aromatic nitrogens is 3. The molecule has 0 aliphatic heterocycles. The van der Waals surface area contributed by atoms with Gasteiger partial charge < -0.3 is 10.1 Å². The van der Waals surface area contributed by atoms with Crippen molar-refractivity contribution in [2.24, 2.45) is 0 Å². The number of rotatable bonds is 5. The van der Waals surface area contributed by atoms with E-state index in [0.29, 0.717) is 34.2 Å². The van der Waals surface area contributed by atoms with Crippen LogP contribution in [-0.2, 0) is 6.54 Å². The molecule has 0 aliphatic carbocycles. The Balaban J connectivity index is 1.54. The van der Waals surface area contributed by atoms with E-state index in [2.05, 4.69) is 20.3 Å². The van der Waals surface area contributed by atoms with Gasteiger partial charge >= 0.3 is 6.36 Å². The highest BCUT2D eigenvalue weighted by atomic mass is 35.5. The van der Waals surface area contributed by atoms with Gasteiger partial charge in [0.1, 0.15) is 5.75 Å². The smallest absolute Gasteiger partial charge is 0.406 e. The number of alkyl halides is 3. The van der Waals surface area contributed by atoms with Crippen LogP contribution in [-0.4, -0.2) is 26.9 Å². The van der Waals surface area contributed by atoms with Gasteiger partial charge in [-0.05, 0) is 54.1 Å². The topological polar surface area (TPSA) is 68.5 Å². The minimum Gasteiger partial charge on any atom is -0.406 e. The van der Waals surface area contributed by atoms with Crippen molar-refractivity contribution in [2.75, 3.05) is 0 Å². The zero-order valence-corrected chi connectivity index (χ0v) is 16.5. The Labute approximate surface area is 179 Å². The van der Waals surface area contributed by atoms with Crippen LogP contribution < -0.4 is 10.1 Å². The lowest BCUT2D eigenvalue weighted by Crippen LogP contribution is -2.23. The largest absolute Gasteiger partial charge is 0.573 e. The van der Waals surface area contributed by atoms with Gasteiger partial charge in [0, 0.05) is 23.3 Å². The first-order valence-corrected chi connectivity index (χ1v) is 9.40. The molecule has 2 aromatic carbocycles. The average Bonchev–Trinajstić information content (AvgIpc) is 3.16. The summed E-state index contributed by atoms with van der Waals surface area (Å²) in [4.78, 5) is 12.6. The van der Waals surface area contributed by atoms with Crippen LogP contribution in [0.4, 0.5) is 13.2 Å². The molecule has 10 heteroatoms. The van der Waals surface area contributed by atoms with E-state index in [1.807, 2.05) is 12.1 Å². The summed E-state index contributed by atoms with van der Waals surface area (Å²) >= 11 is 5.86. The minimum absolute atomic E-state index is 0.301. The molecule has 4 rings (SSSR count). The molecule has 0 saturated carbocycles. The van der Waals surface area contributed by atoms with Gasteiger partial charge in [-0.1, -0.05) is 23.7 Å². The third-order valence-corrected chi connectivity index (χ3v) is 4.63. The minimum atomic E-state index is -4.77. The molecule has 0 saturated heterocycles. The van der Waals surface area contributed by atoms with E-state index >= 15 is 0 Å². The molecule has 0 atom stereocenters. The van der Waals surface area contributed by atoms with Crippen LogP contribution in [0.3, 0.4) is 0 Å². The van der Waals surface area contributed by atoms with E-state index in [1.165, 1.54) is 24.3 Å². The second-order valence-electron chi connectivity index (χ2n) is 6.55. The first kappa shape index (κ1) is 20.7. The molecule has 0 spiro atoms. The molecule has 31 heavy (non-hydrogen) atoms. The number of ether oxygens (including phenoxy) is 1. The molecular weight excluding hydrogens is 433 g/mol. The molecule has 0 bridgehead atoms. The maximum absolute atomic E-state index is 12.6. The van der Waals surface area contributed by atoms with E-state index in [0.717, 1.165) is 5.56 Å². The highest BCUT2D eigenvalue weighted by Crippen LogP contribution is 2.26. The number of halogens is 4. The van der Waals surface area contributed by atoms with Gasteiger partial charge in [0.15, 0.2) is 11.5 Å². The maximum atomic E-state index is 12.6. The van der Waals surface area contributed by atoms with Crippen molar-refractivity contribution in [3.63, 3.8) is 0 Å². The van der Waals surface area contributed by atoms with E-state index < -0.39 is 6.36 Å². The number of nitrogens with one attached hydrogen (secondary N) is 1. The highest BCUT2D eigenvalue weighted by molar-refractivity contribution is 6.30. The van der Waals surface area contributed by atoms with Gasteiger partial charge in [-0.2, -0.15) is 0 Å². The van der Waals surface area contributed by atoms with Gasteiger partial charge in [0.05, 0.1) is 5.56 Å². The van der Waals surface area contributed by atoms with Crippen LogP contribution in [0.25, 0.3) is 17.0 Å². The summed E-state index contributed by atoms with van der Waals surface area (Å²) < 4.78 is 42.5. The highest BCUT2D eigenvalue weighted by Gasteiger charge is 2.31. The summed E-state index contributed by atoms with van der Waals surface area (Å²) in [7, 11) is 0. The van der Waals surface area contributed by atoms with E-state index in [1.54, 1.807) is 34.9 Å². The van der Waals surface area contributed by atoms with Crippen molar-refractivity contribution in [3.8, 4) is 17.1 Å². The van der Waals surface area contributed by atoms with Gasteiger partial charge in [-0.3, -0.25) is 9.20 Å². The summed E-state index contributed by atoms with van der Waals surface area (Å²) in [6, 6.07) is 15.6. The average molecular weight is 447 g/mol. The second kappa shape index (κ2) is 8.27. The third kappa shape index (κ3) is 4.95. The number of carbonyl (C=O) groups excluding carboxylic acids is 1. The van der Waals surface area contributed by atoms with Crippen molar-refractivity contribution >= 4 is 23.2 Å². The molecule has 1 amide bonds. The van der Waals surface area contributed by atoms with Crippen molar-refractivity contribution < 1.29 is 22.7 Å². The van der Waals surface area contributed by atoms with Gasteiger partial charge in [-0.25, -0.2) is 0 Å². The van der Waals surface area contributed by atoms with Crippen molar-refractivity contribution in [1.82, 2.24) is 19.9 Å². The van der Waals surface area contributed by atoms with Gasteiger partial charge in [-0.15, -0.1) is 23.4 Å². The van der Waals surface area contributed by atoms with Gasteiger partial charge in [0.25, 0.3) is 5.91 Å². The summed E-state index contributed by atoms with van der Waals surface area (Å²) in [5, 5.41) is 11.5. The van der Waals surface area contributed by atoms with Crippen LogP contribution in [0.2, 0.25) is 5.02 Å². The first-order chi connectivity index (χ1) is 14.8. The molecule has 1 N–H and O–H groups in total. The lowest BCUT2D eigenvalue weighted by atomic mass is 10.2. The van der Waals surface area contributed by atoms with Crippen LogP contribution in [0.15, 0.2) is 66.9 Å². The summed E-state index contributed by atoms with van der Waals surface area (Å²) in [6.07, 6.45) is -3.20. The maximum Gasteiger partial charge on any atom is 0.573 e. The van der Waals surface area contributed by atoms with Crippen LogP contribution in [0.1, 0.15) is 15.9 Å². The summed E-state index contributed by atoms with van der Waals surface area (Å²) in [5.41, 5.74) is 2.27. The number of benzene rings is 2. The van der Waals surface area contributed by atoms with Crippen molar-refractivity contribution in [1.29, 1.82) is 0 Å². The molecule has 2 heterocycles. The monoisotopic (exact) mass is 446 g/mol. The number of carbonyl (C=O) groups is 1. The van der Waals surface area contributed by atoms with Crippen LogP contribution in [0, 0.1) is 0 Å². The Hall–Kier alpha value is -3.59. The number of amides is 1. The quantitative estimate of drug-likeness (QED) is 0.474. The molecule has 0 unspecified atom stereocenters. The van der Waals surface area contributed by atoms with Crippen LogP contribution >= 0.6 is 11.6 Å². The van der Waals surface area contributed by atoms with Gasteiger partial charge in [0.2, 0.25) is 0 Å². The Morgan fingerprint density at radius 2 is 1.71 bits per heavy atom. The van der Waals surface area contributed by atoms with Crippen molar-refractivity contribution in [3.05, 3.63) is 83.0 Å². The SMILES string of the molecule is O=C(NCc1ccc(Cl)cc1)c1ccc2nnc(-c3ccc(OC(F)(F)F)cc3)n2c1. The van der Waals surface area contributed by atoms with E-state index in [9.17, 15) is 18.0 Å². The molecule has 158 valence electrons. The lowest BCUT2D eigenvalue weighted by molar-refractivity contribution is -0.274. The van der Waals surface area contributed by atoms with E-state index in [4.69, 9.17) is 11.6 Å². The normalized spacial score (nSPS) is 11.5. The Bertz CT molecular complexity index is 1220. The number of nitrogens with zero attached hydrogens (tertiary/aromatic N) is 3. The predicted molar refractivity (Wildman–Crippen MR) is 108 cm³/mol. The Morgan fingerprint density at radius 3 is 2.39 bits per heavy atom. The predicted octanol–water partition coefficient (Wildman–Crippen LogP) is 4.88. The van der Waals surface area contributed by atoms with Crippen LogP contribution in [0.5, 0.6) is 5.75 Å². The fourth-order valence-corrected chi connectivity index (χ4v) is 3.04. The zero-order valence-electron chi connectivity index (χ0n) is 15.7. The number of fused-ring (bicyclic) bond motifs is 1. The number of pyridine rings is 1. The molecule has 0 radical (unpaired) electrons. The van der Waals surface area contributed by atoms with Crippen molar-refractivity contribution in [2.45, 2.75) is 12.9 Å². The summed E-state index contributed by atoms with van der Waals surface area (Å²) in [6.45, 7) is 0.323. The Kier molecular flexibility index (Phi) is 5.51.